The molecule has 0 atom stereocenters. The number of fused-ring (bicyclic) bond motifs is 1. The summed E-state index contributed by atoms with van der Waals surface area (Å²) in [6.07, 6.45) is 0. The first-order valence-electron chi connectivity index (χ1n) is 5.03. The molecule has 0 saturated carbocycles. The first-order chi connectivity index (χ1) is 7.20. The number of aromatic amines is 1. The highest BCUT2D eigenvalue weighted by molar-refractivity contribution is 5.81. The van der Waals surface area contributed by atoms with E-state index in [1.165, 1.54) is 13.2 Å². The Morgan fingerprint density at radius 1 is 1.20 bits per heavy atom. The Morgan fingerprint density at radius 2 is 1.87 bits per heavy atom. The molecule has 15 heavy (non-hydrogen) atoms. The summed E-state index contributed by atoms with van der Waals surface area (Å²) < 4.78 is 18.1. The minimum Gasteiger partial charge on any atom is -0.494 e. The number of rotatable bonds is 1. The van der Waals surface area contributed by atoms with Gasteiger partial charge < -0.3 is 9.72 Å². The van der Waals surface area contributed by atoms with Gasteiger partial charge in [-0.25, -0.2) is 4.39 Å². The molecule has 0 aliphatic heterocycles. The van der Waals surface area contributed by atoms with Gasteiger partial charge in [0, 0.05) is 22.7 Å². The smallest absolute Gasteiger partial charge is 0.165 e. The van der Waals surface area contributed by atoms with E-state index in [1.54, 1.807) is 6.07 Å². The maximum Gasteiger partial charge on any atom is 0.165 e. The van der Waals surface area contributed by atoms with Crippen LogP contribution in [0.15, 0.2) is 18.2 Å². The van der Waals surface area contributed by atoms with Crippen LogP contribution >= 0.6 is 0 Å². The maximum atomic E-state index is 13.2. The zero-order valence-electron chi connectivity index (χ0n) is 9.52. The van der Waals surface area contributed by atoms with E-state index in [1.807, 2.05) is 26.8 Å². The van der Waals surface area contributed by atoms with Crippen molar-refractivity contribution in [1.29, 1.82) is 0 Å². The van der Waals surface area contributed by atoms with Crippen molar-refractivity contribution in [2.45, 2.75) is 20.8 Å². The highest BCUT2D eigenvalue weighted by Crippen LogP contribution is 2.24. The number of hydrogen-bond donors (Lipinski definition) is 1. The Labute approximate surface area is 89.1 Å². The van der Waals surface area contributed by atoms with Crippen LogP contribution in [0.5, 0.6) is 5.75 Å². The van der Waals surface area contributed by atoms with Gasteiger partial charge >= 0.3 is 0 Å². The van der Waals surface area contributed by atoms with Crippen LogP contribution in [-0.4, -0.2) is 12.1 Å². The molecule has 0 unspecified atom stereocenters. The van der Waals surface area contributed by atoms with Gasteiger partial charge in [0.05, 0.1) is 7.11 Å². The summed E-state index contributed by atoms with van der Waals surface area (Å²) >= 11 is 0. The zero-order chi connectivity index (χ0) is 11.4. The first-order valence-corrected chi connectivity index (χ1v) is 5.03. The van der Waals surface area contributed by atoms with Gasteiger partial charge in [0.25, 0.3) is 0 Å². The fraction of sp³-hybridized carbons (Fsp3) is 0.333. The molecule has 1 N–H and O–H groups in total. The normalized spacial score (nSPS) is 9.67. The van der Waals surface area contributed by atoms with Crippen molar-refractivity contribution >= 4 is 10.9 Å². The van der Waals surface area contributed by atoms with Crippen molar-refractivity contribution in [3.63, 3.8) is 0 Å². The molecule has 0 fully saturated rings. The Bertz CT molecular complexity index is 448. The second-order valence-electron chi connectivity index (χ2n) is 3.03. The van der Waals surface area contributed by atoms with Crippen LogP contribution in [0.1, 0.15) is 19.5 Å². The van der Waals surface area contributed by atoms with E-state index >= 15 is 0 Å². The minimum absolute atomic E-state index is 0.273. The van der Waals surface area contributed by atoms with Crippen LogP contribution < -0.4 is 4.74 Å². The summed E-state index contributed by atoms with van der Waals surface area (Å²) in [6.45, 7) is 5.93. The molecule has 82 valence electrons. The van der Waals surface area contributed by atoms with Crippen molar-refractivity contribution < 1.29 is 9.13 Å². The Balaban J connectivity index is 0.000000531. The zero-order valence-corrected chi connectivity index (χ0v) is 9.52. The predicted octanol–water partition coefficient (Wildman–Crippen LogP) is 3.65. The van der Waals surface area contributed by atoms with Crippen molar-refractivity contribution in [2.24, 2.45) is 0 Å². The highest BCUT2D eigenvalue weighted by atomic mass is 19.1. The van der Waals surface area contributed by atoms with E-state index in [4.69, 9.17) is 4.74 Å². The van der Waals surface area contributed by atoms with E-state index < -0.39 is 0 Å². The summed E-state index contributed by atoms with van der Waals surface area (Å²) in [5.41, 5.74) is 1.92. The lowest BCUT2D eigenvalue weighted by Gasteiger charge is -2.00. The average Bonchev–Trinajstić information content (AvgIpc) is 2.59. The molecule has 0 aliphatic carbocycles. The topological polar surface area (TPSA) is 25.0 Å². The Morgan fingerprint density at radius 3 is 2.47 bits per heavy atom. The van der Waals surface area contributed by atoms with E-state index in [0.29, 0.717) is 0 Å². The first kappa shape index (κ1) is 11.6. The number of aryl methyl sites for hydroxylation is 1. The molecule has 1 aromatic carbocycles. The van der Waals surface area contributed by atoms with Crippen molar-refractivity contribution in [3.8, 4) is 5.75 Å². The SMILES string of the molecule is CC.COc1cc2[nH]c(C)cc2cc1F. The molecule has 2 rings (SSSR count). The van der Waals surface area contributed by atoms with Gasteiger partial charge in [-0.15, -0.1) is 0 Å². The summed E-state index contributed by atoms with van der Waals surface area (Å²) in [6, 6.07) is 5.03. The third-order valence-electron chi connectivity index (χ3n) is 2.03. The summed E-state index contributed by atoms with van der Waals surface area (Å²) in [7, 11) is 1.46. The standard InChI is InChI=1S/C10H10FNO.C2H6/c1-6-3-7-4-8(11)10(13-2)5-9(7)12-6;1-2/h3-5,12H,1-2H3;1-2H3. The molecule has 0 radical (unpaired) electrons. The molecule has 0 aliphatic rings. The lowest BCUT2D eigenvalue weighted by atomic mass is 10.2. The van der Waals surface area contributed by atoms with Gasteiger partial charge in [-0.05, 0) is 19.1 Å². The lowest BCUT2D eigenvalue weighted by Crippen LogP contribution is -1.86. The summed E-state index contributed by atoms with van der Waals surface area (Å²) in [5.74, 6) is -0.0525. The molecule has 1 heterocycles. The molecular weight excluding hydrogens is 193 g/mol. The van der Waals surface area contributed by atoms with Gasteiger partial charge in [0.15, 0.2) is 11.6 Å². The Kier molecular flexibility index (Phi) is 3.72. The average molecular weight is 209 g/mol. The maximum absolute atomic E-state index is 13.2. The number of aromatic nitrogens is 1. The van der Waals surface area contributed by atoms with E-state index in [9.17, 15) is 4.39 Å². The fourth-order valence-electron chi connectivity index (χ4n) is 1.43. The molecule has 1 aromatic heterocycles. The molecule has 0 amide bonds. The van der Waals surface area contributed by atoms with Crippen LogP contribution in [-0.2, 0) is 0 Å². The van der Waals surface area contributed by atoms with Crippen molar-refractivity contribution in [3.05, 3.63) is 29.7 Å². The fourth-order valence-corrected chi connectivity index (χ4v) is 1.43. The molecule has 0 bridgehead atoms. The quantitative estimate of drug-likeness (QED) is 0.761. The van der Waals surface area contributed by atoms with E-state index in [0.717, 1.165) is 16.6 Å². The summed E-state index contributed by atoms with van der Waals surface area (Å²) in [4.78, 5) is 3.11. The number of ether oxygens (including phenoxy) is 1. The van der Waals surface area contributed by atoms with Crippen LogP contribution in [0.2, 0.25) is 0 Å². The third-order valence-corrected chi connectivity index (χ3v) is 2.03. The number of nitrogens with one attached hydrogen (secondary N) is 1. The van der Waals surface area contributed by atoms with Gasteiger partial charge in [-0.2, -0.15) is 0 Å². The van der Waals surface area contributed by atoms with Crippen molar-refractivity contribution in [2.75, 3.05) is 7.11 Å². The molecule has 2 aromatic rings. The van der Waals surface area contributed by atoms with Crippen LogP contribution in [0.3, 0.4) is 0 Å². The van der Waals surface area contributed by atoms with Gasteiger partial charge in [0.1, 0.15) is 0 Å². The largest absolute Gasteiger partial charge is 0.494 e. The number of benzene rings is 1. The van der Waals surface area contributed by atoms with Crippen LogP contribution in [0.25, 0.3) is 10.9 Å². The molecule has 2 nitrogen and oxygen atoms in total. The molecule has 0 spiro atoms. The number of H-pyrrole nitrogens is 1. The third kappa shape index (κ3) is 2.29. The highest BCUT2D eigenvalue weighted by Gasteiger charge is 2.05. The second-order valence-corrected chi connectivity index (χ2v) is 3.03. The predicted molar refractivity (Wildman–Crippen MR) is 60.9 cm³/mol. The second kappa shape index (κ2) is 4.82. The molecule has 0 saturated heterocycles. The summed E-state index contributed by atoms with van der Waals surface area (Å²) in [5, 5.41) is 0.871. The van der Waals surface area contributed by atoms with Crippen LogP contribution in [0.4, 0.5) is 4.39 Å². The number of halogens is 1. The van der Waals surface area contributed by atoms with Gasteiger partial charge in [-0.3, -0.25) is 0 Å². The molecule has 3 heteroatoms. The van der Waals surface area contributed by atoms with Crippen LogP contribution in [0, 0.1) is 12.7 Å². The van der Waals surface area contributed by atoms with Gasteiger partial charge in [-0.1, -0.05) is 13.8 Å². The molecular formula is C12H16FNO. The monoisotopic (exact) mass is 209 g/mol. The minimum atomic E-state index is -0.325. The number of methoxy groups -OCH3 is 1. The van der Waals surface area contributed by atoms with E-state index in [-0.39, 0.29) is 11.6 Å². The van der Waals surface area contributed by atoms with Gasteiger partial charge in [0.2, 0.25) is 0 Å². The number of hydrogen-bond acceptors (Lipinski definition) is 1. The van der Waals surface area contributed by atoms with E-state index in [2.05, 4.69) is 4.98 Å². The Hall–Kier alpha value is -1.51. The van der Waals surface area contributed by atoms with Crippen molar-refractivity contribution in [1.82, 2.24) is 4.98 Å². The lowest BCUT2D eigenvalue weighted by molar-refractivity contribution is 0.387.